The summed E-state index contributed by atoms with van der Waals surface area (Å²) >= 11 is 0. The quantitative estimate of drug-likeness (QED) is 0.715. The molecule has 1 aliphatic carbocycles. The van der Waals surface area contributed by atoms with Crippen molar-refractivity contribution in [3.8, 4) is 0 Å². The van der Waals surface area contributed by atoms with E-state index in [0.29, 0.717) is 19.1 Å². The van der Waals surface area contributed by atoms with E-state index in [1.165, 1.54) is 12.8 Å². The van der Waals surface area contributed by atoms with Crippen molar-refractivity contribution in [1.82, 2.24) is 20.0 Å². The van der Waals surface area contributed by atoms with E-state index in [9.17, 15) is 9.59 Å². The number of nitrogens with one attached hydrogen (secondary N) is 2. The summed E-state index contributed by atoms with van der Waals surface area (Å²) in [7, 11) is 0. The number of carbonyl (C=O) groups excluding carboxylic acids is 2. The van der Waals surface area contributed by atoms with E-state index in [1.807, 2.05) is 17.7 Å². The fourth-order valence-electron chi connectivity index (χ4n) is 4.02. The molecule has 2 heterocycles. The minimum absolute atomic E-state index is 0.0682. The van der Waals surface area contributed by atoms with Gasteiger partial charge in [-0.1, -0.05) is 12.8 Å². The predicted octanol–water partition coefficient (Wildman–Crippen LogP) is 1.63. The lowest BCUT2D eigenvalue weighted by atomic mass is 9.97. The van der Waals surface area contributed by atoms with Crippen LogP contribution in [0.3, 0.4) is 0 Å². The summed E-state index contributed by atoms with van der Waals surface area (Å²) in [5.41, 5.74) is 6.32. The van der Waals surface area contributed by atoms with Gasteiger partial charge >= 0.3 is 6.03 Å². The molecule has 26 heavy (non-hydrogen) atoms. The first kappa shape index (κ1) is 18.7. The molecule has 0 spiro atoms. The number of primary amides is 1. The van der Waals surface area contributed by atoms with Crippen LogP contribution < -0.4 is 16.4 Å². The van der Waals surface area contributed by atoms with Crippen LogP contribution in [0.2, 0.25) is 0 Å². The van der Waals surface area contributed by atoms with E-state index < -0.39 is 0 Å². The fourth-order valence-corrected chi connectivity index (χ4v) is 4.02. The predicted molar refractivity (Wildman–Crippen MR) is 99.8 cm³/mol. The summed E-state index contributed by atoms with van der Waals surface area (Å²) in [6.45, 7) is 4.83. The lowest BCUT2D eigenvalue weighted by molar-refractivity contribution is -0.123. The van der Waals surface area contributed by atoms with Gasteiger partial charge in [-0.15, -0.1) is 0 Å². The molecule has 1 aliphatic heterocycles. The largest absolute Gasteiger partial charge is 0.369 e. The van der Waals surface area contributed by atoms with E-state index in [4.69, 9.17) is 5.73 Å². The summed E-state index contributed by atoms with van der Waals surface area (Å²) in [5.74, 6) is 0.468. The minimum atomic E-state index is -0.226. The number of likely N-dealkylation sites (tertiary alicyclic amines) is 1. The highest BCUT2D eigenvalue weighted by molar-refractivity contribution is 5.88. The van der Waals surface area contributed by atoms with Gasteiger partial charge in [-0.25, -0.2) is 9.48 Å². The molecule has 1 aromatic rings. The van der Waals surface area contributed by atoms with Gasteiger partial charge in [-0.2, -0.15) is 5.10 Å². The molecule has 2 fully saturated rings. The third-order valence-corrected chi connectivity index (χ3v) is 5.39. The normalized spacial score (nSPS) is 21.7. The van der Waals surface area contributed by atoms with Gasteiger partial charge in [0.05, 0.1) is 17.7 Å². The first-order valence-corrected chi connectivity index (χ1v) is 9.65. The Kier molecular flexibility index (Phi) is 6.13. The Labute approximate surface area is 154 Å². The molecular weight excluding hydrogens is 332 g/mol. The Bertz CT molecular complexity index is 638. The molecule has 4 N–H and O–H groups in total. The number of urea groups is 1. The number of nitrogens with zero attached hydrogens (tertiary/aromatic N) is 3. The van der Waals surface area contributed by atoms with Crippen molar-refractivity contribution in [3.05, 3.63) is 11.8 Å². The number of aryl methyl sites for hydroxylation is 1. The summed E-state index contributed by atoms with van der Waals surface area (Å²) in [6.07, 6.45) is 6.51. The Hall–Kier alpha value is -2.09. The van der Waals surface area contributed by atoms with Crippen molar-refractivity contribution >= 4 is 17.8 Å². The number of hydrogen-bond donors (Lipinski definition) is 3. The van der Waals surface area contributed by atoms with Crippen molar-refractivity contribution in [2.45, 2.75) is 51.5 Å². The molecule has 0 aromatic carbocycles. The molecule has 3 amide bonds. The highest BCUT2D eigenvalue weighted by Crippen LogP contribution is 2.31. The Balaban J connectivity index is 1.45. The average molecular weight is 362 g/mol. The lowest BCUT2D eigenvalue weighted by Gasteiger charge is -2.31. The molecular formula is C18H30N6O2. The van der Waals surface area contributed by atoms with Crippen LogP contribution in [0.5, 0.6) is 0 Å². The number of rotatable bonds is 6. The van der Waals surface area contributed by atoms with E-state index in [1.54, 1.807) is 0 Å². The Morgan fingerprint density at radius 2 is 2.04 bits per heavy atom. The van der Waals surface area contributed by atoms with E-state index in [-0.39, 0.29) is 17.9 Å². The highest BCUT2D eigenvalue weighted by Gasteiger charge is 2.24. The van der Waals surface area contributed by atoms with Gasteiger partial charge in [0, 0.05) is 25.7 Å². The minimum Gasteiger partial charge on any atom is -0.369 e. The summed E-state index contributed by atoms with van der Waals surface area (Å²) in [6, 6.07) is 2.09. The average Bonchev–Trinajstić information content (AvgIpc) is 3.24. The zero-order chi connectivity index (χ0) is 18.5. The molecule has 8 heteroatoms. The molecule has 1 saturated carbocycles. The standard InChI is InChI=1S/C18H30N6O2/c1-13-11-16(24(22-13)15-6-2-3-7-15)21-18(26)20-8-10-23-9-4-5-14(12-23)17(19)25/h11,14-15H,2-10,12H2,1H3,(H2,19,25)(H2,20,21,26). The van der Waals surface area contributed by atoms with Crippen LogP contribution in [0.25, 0.3) is 0 Å². The maximum absolute atomic E-state index is 12.2. The van der Waals surface area contributed by atoms with Crippen molar-refractivity contribution in [1.29, 1.82) is 0 Å². The van der Waals surface area contributed by atoms with Crippen LogP contribution >= 0.6 is 0 Å². The SMILES string of the molecule is Cc1cc(NC(=O)NCCN2CCCC(C(N)=O)C2)n(C2CCCC2)n1. The van der Waals surface area contributed by atoms with E-state index in [2.05, 4.69) is 20.6 Å². The topological polar surface area (TPSA) is 105 Å². The first-order valence-electron chi connectivity index (χ1n) is 9.65. The Morgan fingerprint density at radius 3 is 2.77 bits per heavy atom. The summed E-state index contributed by atoms with van der Waals surface area (Å²) in [5, 5.41) is 10.4. The van der Waals surface area contributed by atoms with Gasteiger partial charge in [0.15, 0.2) is 0 Å². The van der Waals surface area contributed by atoms with Crippen LogP contribution in [0.15, 0.2) is 6.07 Å². The number of hydrogen-bond acceptors (Lipinski definition) is 4. The van der Waals surface area contributed by atoms with Gasteiger partial charge in [-0.05, 0) is 39.2 Å². The number of amides is 3. The van der Waals surface area contributed by atoms with Gasteiger partial charge in [-0.3, -0.25) is 10.1 Å². The highest BCUT2D eigenvalue weighted by atomic mass is 16.2. The monoisotopic (exact) mass is 362 g/mol. The fraction of sp³-hybridized carbons (Fsp3) is 0.722. The van der Waals surface area contributed by atoms with Crippen LogP contribution in [0, 0.1) is 12.8 Å². The van der Waals surface area contributed by atoms with Crippen molar-refractivity contribution < 1.29 is 9.59 Å². The molecule has 8 nitrogen and oxygen atoms in total. The smallest absolute Gasteiger partial charge is 0.320 e. The van der Waals surface area contributed by atoms with Crippen LogP contribution in [0.4, 0.5) is 10.6 Å². The van der Waals surface area contributed by atoms with Crippen molar-refractivity contribution in [2.24, 2.45) is 11.7 Å². The maximum atomic E-state index is 12.2. The second kappa shape index (κ2) is 8.53. The zero-order valence-corrected chi connectivity index (χ0v) is 15.5. The third kappa shape index (κ3) is 4.75. The lowest BCUT2D eigenvalue weighted by Crippen LogP contribution is -2.44. The van der Waals surface area contributed by atoms with Gasteiger partial charge in [0.25, 0.3) is 0 Å². The molecule has 1 unspecified atom stereocenters. The molecule has 2 aliphatic rings. The molecule has 0 bridgehead atoms. The van der Waals surface area contributed by atoms with Crippen LogP contribution in [0.1, 0.15) is 50.3 Å². The van der Waals surface area contributed by atoms with Gasteiger partial charge < -0.3 is 16.0 Å². The second-order valence-electron chi connectivity index (χ2n) is 7.48. The van der Waals surface area contributed by atoms with Crippen LogP contribution in [-0.4, -0.2) is 52.8 Å². The number of nitrogens with two attached hydrogens (primary N) is 1. The van der Waals surface area contributed by atoms with Gasteiger partial charge in [0.2, 0.25) is 5.91 Å². The van der Waals surface area contributed by atoms with E-state index in [0.717, 1.165) is 50.3 Å². The van der Waals surface area contributed by atoms with Crippen LogP contribution in [-0.2, 0) is 4.79 Å². The molecule has 1 aromatic heterocycles. The molecule has 1 saturated heterocycles. The first-order chi connectivity index (χ1) is 12.5. The van der Waals surface area contributed by atoms with Crippen molar-refractivity contribution in [2.75, 3.05) is 31.5 Å². The third-order valence-electron chi connectivity index (χ3n) is 5.39. The maximum Gasteiger partial charge on any atom is 0.320 e. The number of anilines is 1. The molecule has 1 atom stereocenters. The molecule has 0 radical (unpaired) electrons. The number of carbonyl (C=O) groups is 2. The number of piperidine rings is 1. The number of aromatic nitrogens is 2. The zero-order valence-electron chi connectivity index (χ0n) is 15.5. The summed E-state index contributed by atoms with van der Waals surface area (Å²) < 4.78 is 1.96. The molecule has 144 valence electrons. The van der Waals surface area contributed by atoms with Crippen molar-refractivity contribution in [3.63, 3.8) is 0 Å². The molecule has 3 rings (SSSR count). The Morgan fingerprint density at radius 1 is 1.27 bits per heavy atom. The summed E-state index contributed by atoms with van der Waals surface area (Å²) in [4.78, 5) is 25.8. The van der Waals surface area contributed by atoms with Gasteiger partial charge in [0.1, 0.15) is 5.82 Å². The van der Waals surface area contributed by atoms with E-state index >= 15 is 0 Å². The second-order valence-corrected chi connectivity index (χ2v) is 7.48.